The molecule has 1 N–H and O–H groups in total. The van der Waals surface area contributed by atoms with Gasteiger partial charge in [0, 0.05) is 24.0 Å². The molecule has 0 bridgehead atoms. The van der Waals surface area contributed by atoms with E-state index in [0.717, 1.165) is 23.4 Å². The van der Waals surface area contributed by atoms with Crippen molar-refractivity contribution in [2.45, 2.75) is 18.9 Å². The highest BCUT2D eigenvalue weighted by atomic mass is 32.1. The molecule has 3 aromatic rings. The van der Waals surface area contributed by atoms with E-state index in [1.165, 1.54) is 22.5 Å². The van der Waals surface area contributed by atoms with Crippen LogP contribution < -0.4 is 5.32 Å². The van der Waals surface area contributed by atoms with E-state index in [9.17, 15) is 0 Å². The van der Waals surface area contributed by atoms with E-state index in [2.05, 4.69) is 49.7 Å². The summed E-state index contributed by atoms with van der Waals surface area (Å²) in [6.07, 6.45) is 5.63. The van der Waals surface area contributed by atoms with Crippen molar-refractivity contribution in [2.75, 3.05) is 5.32 Å². The third-order valence-corrected chi connectivity index (χ3v) is 4.38. The Bertz CT molecular complexity index is 714. The Balaban J connectivity index is 1.47. The maximum Gasteiger partial charge on any atom is 0.222 e. The molecule has 4 rings (SSSR count). The van der Waals surface area contributed by atoms with E-state index < -0.39 is 0 Å². The summed E-state index contributed by atoms with van der Waals surface area (Å²) in [7, 11) is 0. The number of nitrogens with zero attached hydrogens (tertiary/aromatic N) is 4. The molecule has 21 heavy (non-hydrogen) atoms. The van der Waals surface area contributed by atoms with E-state index in [0.29, 0.717) is 12.0 Å². The Morgan fingerprint density at radius 3 is 2.38 bits per heavy atom. The zero-order valence-electron chi connectivity index (χ0n) is 11.2. The van der Waals surface area contributed by atoms with Gasteiger partial charge in [-0.2, -0.15) is 0 Å². The van der Waals surface area contributed by atoms with Crippen LogP contribution in [0.2, 0.25) is 0 Å². The summed E-state index contributed by atoms with van der Waals surface area (Å²) in [4.78, 5) is 8.76. The highest BCUT2D eigenvalue weighted by Crippen LogP contribution is 2.24. The minimum atomic E-state index is 0.370. The average molecular weight is 295 g/mol. The minimum absolute atomic E-state index is 0.370. The first kappa shape index (κ1) is 12.4. The first-order chi connectivity index (χ1) is 10.4. The summed E-state index contributed by atoms with van der Waals surface area (Å²) in [5.74, 6) is 0.668. The number of fused-ring (bicyclic) bond motifs is 1. The van der Waals surface area contributed by atoms with Crippen molar-refractivity contribution in [3.05, 3.63) is 53.3 Å². The zero-order chi connectivity index (χ0) is 14.1. The Hall–Kier alpha value is -2.34. The van der Waals surface area contributed by atoms with Crippen LogP contribution in [0.4, 0.5) is 5.95 Å². The third kappa shape index (κ3) is 2.50. The van der Waals surface area contributed by atoms with Gasteiger partial charge in [0.05, 0.1) is 0 Å². The van der Waals surface area contributed by atoms with Gasteiger partial charge in [-0.15, -0.1) is 10.2 Å². The van der Waals surface area contributed by atoms with Gasteiger partial charge in [0.2, 0.25) is 5.95 Å². The molecule has 0 amide bonds. The first-order valence-electron chi connectivity index (χ1n) is 6.80. The van der Waals surface area contributed by atoms with Gasteiger partial charge >= 0.3 is 0 Å². The maximum absolute atomic E-state index is 4.38. The van der Waals surface area contributed by atoms with Gasteiger partial charge in [0.1, 0.15) is 5.51 Å². The molecule has 0 atom stereocenters. The van der Waals surface area contributed by atoms with Crippen molar-refractivity contribution in [1.29, 1.82) is 0 Å². The van der Waals surface area contributed by atoms with Crippen molar-refractivity contribution in [3.63, 3.8) is 0 Å². The van der Waals surface area contributed by atoms with Gasteiger partial charge in [-0.05, 0) is 24.0 Å². The molecule has 1 aliphatic carbocycles. The standard InChI is InChI=1S/C15H13N5S/c1-2-4-11-6-13(5-10(11)3-1)19-15-16-7-12(8-17-15)14-20-18-9-21-14/h1-4,7-9,13H,5-6H2,(H,16,17,19). The Morgan fingerprint density at radius 2 is 1.76 bits per heavy atom. The number of hydrogen-bond donors (Lipinski definition) is 1. The van der Waals surface area contributed by atoms with E-state index in [1.54, 1.807) is 17.9 Å². The van der Waals surface area contributed by atoms with Crippen molar-refractivity contribution in [3.8, 4) is 10.6 Å². The average Bonchev–Trinajstić information content (AvgIpc) is 3.17. The molecule has 6 heteroatoms. The summed E-state index contributed by atoms with van der Waals surface area (Å²) in [5, 5.41) is 12.1. The van der Waals surface area contributed by atoms with Crippen LogP contribution in [0.25, 0.3) is 10.6 Å². The molecule has 2 heterocycles. The van der Waals surface area contributed by atoms with Crippen molar-refractivity contribution >= 4 is 17.3 Å². The second kappa shape index (κ2) is 5.21. The van der Waals surface area contributed by atoms with E-state index in [-0.39, 0.29) is 0 Å². The van der Waals surface area contributed by atoms with Crippen molar-refractivity contribution in [2.24, 2.45) is 0 Å². The Morgan fingerprint density at radius 1 is 1.05 bits per heavy atom. The van der Waals surface area contributed by atoms with Crippen LogP contribution in [-0.2, 0) is 12.8 Å². The van der Waals surface area contributed by atoms with Crippen LogP contribution in [0.1, 0.15) is 11.1 Å². The van der Waals surface area contributed by atoms with Crippen LogP contribution in [0, 0.1) is 0 Å². The van der Waals surface area contributed by atoms with E-state index in [1.807, 2.05) is 0 Å². The summed E-state index contributed by atoms with van der Waals surface area (Å²) in [5.41, 5.74) is 5.44. The van der Waals surface area contributed by atoms with Crippen LogP contribution in [0.5, 0.6) is 0 Å². The molecule has 104 valence electrons. The minimum Gasteiger partial charge on any atom is -0.351 e. The second-order valence-electron chi connectivity index (χ2n) is 5.06. The van der Waals surface area contributed by atoms with Crippen LogP contribution in [0.3, 0.4) is 0 Å². The lowest BCUT2D eigenvalue weighted by atomic mass is 10.1. The Kier molecular flexibility index (Phi) is 3.08. The van der Waals surface area contributed by atoms with Gasteiger partial charge < -0.3 is 5.32 Å². The molecular formula is C15H13N5S. The highest BCUT2D eigenvalue weighted by molar-refractivity contribution is 7.12. The quantitative estimate of drug-likeness (QED) is 0.804. The Labute approximate surface area is 126 Å². The monoisotopic (exact) mass is 295 g/mol. The second-order valence-corrected chi connectivity index (χ2v) is 5.89. The maximum atomic E-state index is 4.38. The first-order valence-corrected chi connectivity index (χ1v) is 7.68. The van der Waals surface area contributed by atoms with Crippen LogP contribution >= 0.6 is 11.3 Å². The number of nitrogens with one attached hydrogen (secondary N) is 1. The van der Waals surface area contributed by atoms with Crippen molar-refractivity contribution in [1.82, 2.24) is 20.2 Å². The van der Waals surface area contributed by atoms with Crippen LogP contribution in [0.15, 0.2) is 42.2 Å². The summed E-state index contributed by atoms with van der Waals surface area (Å²) >= 11 is 1.48. The fraction of sp³-hybridized carbons (Fsp3) is 0.200. The molecule has 1 aliphatic rings. The molecule has 0 aliphatic heterocycles. The van der Waals surface area contributed by atoms with Gasteiger partial charge in [-0.1, -0.05) is 35.6 Å². The lowest BCUT2D eigenvalue weighted by Gasteiger charge is -2.11. The number of hydrogen-bond acceptors (Lipinski definition) is 6. The molecule has 0 spiro atoms. The normalized spacial score (nSPS) is 14.1. The fourth-order valence-electron chi connectivity index (χ4n) is 2.66. The summed E-state index contributed by atoms with van der Waals surface area (Å²) < 4.78 is 0. The fourth-order valence-corrected chi connectivity index (χ4v) is 3.19. The highest BCUT2D eigenvalue weighted by Gasteiger charge is 2.21. The molecule has 1 aromatic carbocycles. The van der Waals surface area contributed by atoms with Gasteiger partial charge in [-0.25, -0.2) is 9.97 Å². The van der Waals surface area contributed by atoms with Gasteiger partial charge in [-0.3, -0.25) is 0 Å². The molecule has 0 saturated carbocycles. The molecule has 0 fully saturated rings. The topological polar surface area (TPSA) is 63.6 Å². The number of aromatic nitrogens is 4. The summed E-state index contributed by atoms with van der Waals surface area (Å²) in [6, 6.07) is 8.94. The molecule has 0 saturated heterocycles. The van der Waals surface area contributed by atoms with E-state index >= 15 is 0 Å². The SMILES string of the molecule is c1ccc2c(c1)CC(Nc1ncc(-c3nncs3)cn1)C2. The van der Waals surface area contributed by atoms with Gasteiger partial charge in [0.25, 0.3) is 0 Å². The number of rotatable bonds is 3. The molecule has 2 aromatic heterocycles. The third-order valence-electron chi connectivity index (χ3n) is 3.64. The lowest BCUT2D eigenvalue weighted by molar-refractivity contribution is 0.761. The predicted octanol–water partition coefficient (Wildman–Crippen LogP) is 2.57. The van der Waals surface area contributed by atoms with E-state index in [4.69, 9.17) is 0 Å². The molecule has 5 nitrogen and oxygen atoms in total. The molecule has 0 radical (unpaired) electrons. The zero-order valence-corrected chi connectivity index (χ0v) is 12.0. The largest absolute Gasteiger partial charge is 0.351 e. The lowest BCUT2D eigenvalue weighted by Crippen LogP contribution is -2.20. The number of anilines is 1. The molecular weight excluding hydrogens is 282 g/mol. The smallest absolute Gasteiger partial charge is 0.222 e. The van der Waals surface area contributed by atoms with Crippen LogP contribution in [-0.4, -0.2) is 26.2 Å². The van der Waals surface area contributed by atoms with Gasteiger partial charge in [0.15, 0.2) is 5.01 Å². The summed E-state index contributed by atoms with van der Waals surface area (Å²) in [6.45, 7) is 0. The number of benzene rings is 1. The molecule has 0 unspecified atom stereocenters. The van der Waals surface area contributed by atoms with Crippen molar-refractivity contribution < 1.29 is 0 Å². The predicted molar refractivity (Wildman–Crippen MR) is 82.2 cm³/mol.